The highest BCUT2D eigenvalue weighted by molar-refractivity contribution is 6.30. The van der Waals surface area contributed by atoms with Crippen molar-refractivity contribution in [2.24, 2.45) is 0 Å². The zero-order valence-corrected chi connectivity index (χ0v) is 13.3. The van der Waals surface area contributed by atoms with Gasteiger partial charge in [-0.15, -0.1) is 6.58 Å². The maximum atomic E-state index is 12.1. The van der Waals surface area contributed by atoms with Crippen LogP contribution >= 0.6 is 11.6 Å². The molecule has 0 unspecified atom stereocenters. The van der Waals surface area contributed by atoms with E-state index in [9.17, 15) is 9.59 Å². The van der Waals surface area contributed by atoms with E-state index in [-0.39, 0.29) is 11.8 Å². The number of hydrogen-bond donors (Lipinski definition) is 2. The highest BCUT2D eigenvalue weighted by Crippen LogP contribution is 2.10. The summed E-state index contributed by atoms with van der Waals surface area (Å²) < 4.78 is 0. The van der Waals surface area contributed by atoms with E-state index in [4.69, 9.17) is 11.6 Å². The predicted octanol–water partition coefficient (Wildman–Crippen LogP) is 3.19. The molecule has 2 rings (SSSR count). The van der Waals surface area contributed by atoms with E-state index in [1.165, 1.54) is 0 Å². The lowest BCUT2D eigenvalue weighted by atomic mass is 10.1. The Labute approximate surface area is 140 Å². The number of nitrogens with one attached hydrogen (secondary N) is 2. The number of hydrogen-bond acceptors (Lipinski definition) is 2. The van der Waals surface area contributed by atoms with Crippen molar-refractivity contribution in [3.05, 3.63) is 82.9 Å². The van der Waals surface area contributed by atoms with Gasteiger partial charge in [0.1, 0.15) is 0 Å². The minimum atomic E-state index is -0.196. The Balaban J connectivity index is 1.93. The monoisotopic (exact) mass is 328 g/mol. The highest BCUT2D eigenvalue weighted by Gasteiger charge is 2.08. The molecule has 2 amide bonds. The molecular formula is C18H17ClN2O2. The van der Waals surface area contributed by atoms with E-state index in [0.717, 1.165) is 5.56 Å². The van der Waals surface area contributed by atoms with Crippen LogP contribution in [-0.4, -0.2) is 18.4 Å². The van der Waals surface area contributed by atoms with E-state index in [2.05, 4.69) is 17.2 Å². The van der Waals surface area contributed by atoms with Crippen LogP contribution in [0.15, 0.2) is 61.2 Å². The lowest BCUT2D eigenvalue weighted by Crippen LogP contribution is -2.24. The zero-order chi connectivity index (χ0) is 16.7. The maximum absolute atomic E-state index is 12.1. The molecule has 118 valence electrons. The molecule has 0 aliphatic rings. The van der Waals surface area contributed by atoms with Gasteiger partial charge in [0.05, 0.1) is 0 Å². The molecule has 0 atom stereocenters. The standard InChI is InChI=1S/C18H17ClN2O2/c1-2-11-20-17(22)14-5-7-15(8-6-14)18(23)21-12-13-3-9-16(19)10-4-13/h2-10H,1,11-12H2,(H,20,22)(H,21,23). The molecule has 4 nitrogen and oxygen atoms in total. The fraction of sp³-hybridized carbons (Fsp3) is 0.111. The van der Waals surface area contributed by atoms with E-state index in [1.807, 2.05) is 12.1 Å². The number of rotatable bonds is 6. The van der Waals surface area contributed by atoms with Crippen molar-refractivity contribution in [2.45, 2.75) is 6.54 Å². The summed E-state index contributed by atoms with van der Waals surface area (Å²) >= 11 is 5.82. The van der Waals surface area contributed by atoms with Crippen LogP contribution in [0.25, 0.3) is 0 Å². The summed E-state index contributed by atoms with van der Waals surface area (Å²) in [6.45, 7) is 4.36. The molecule has 0 bridgehead atoms. The molecule has 0 aromatic heterocycles. The number of amides is 2. The smallest absolute Gasteiger partial charge is 0.251 e. The molecule has 0 radical (unpaired) electrons. The molecule has 0 saturated heterocycles. The first-order chi connectivity index (χ1) is 11.1. The van der Waals surface area contributed by atoms with Gasteiger partial charge < -0.3 is 10.6 Å². The van der Waals surface area contributed by atoms with Crippen molar-refractivity contribution < 1.29 is 9.59 Å². The fourth-order valence-electron chi connectivity index (χ4n) is 1.93. The van der Waals surface area contributed by atoms with Crippen LogP contribution in [-0.2, 0) is 6.54 Å². The summed E-state index contributed by atoms with van der Waals surface area (Å²) in [5.41, 5.74) is 1.96. The lowest BCUT2D eigenvalue weighted by Gasteiger charge is -2.07. The Morgan fingerprint density at radius 3 is 1.96 bits per heavy atom. The molecule has 0 aliphatic heterocycles. The van der Waals surface area contributed by atoms with E-state index in [1.54, 1.807) is 42.5 Å². The summed E-state index contributed by atoms with van der Waals surface area (Å²) in [5, 5.41) is 6.16. The average Bonchev–Trinajstić information content (AvgIpc) is 2.59. The molecular weight excluding hydrogens is 312 g/mol. The summed E-state index contributed by atoms with van der Waals surface area (Å²) in [4.78, 5) is 23.8. The van der Waals surface area contributed by atoms with Crippen molar-refractivity contribution in [1.29, 1.82) is 0 Å². The summed E-state index contributed by atoms with van der Waals surface area (Å²) in [6, 6.07) is 13.8. The number of halogens is 1. The minimum absolute atomic E-state index is 0.196. The molecule has 2 aromatic rings. The van der Waals surface area contributed by atoms with Gasteiger partial charge in [0, 0.05) is 29.2 Å². The number of carbonyl (C=O) groups is 2. The van der Waals surface area contributed by atoms with Crippen LogP contribution in [0.5, 0.6) is 0 Å². The van der Waals surface area contributed by atoms with Crippen molar-refractivity contribution in [3.8, 4) is 0 Å². The van der Waals surface area contributed by atoms with Gasteiger partial charge in [-0.05, 0) is 42.0 Å². The zero-order valence-electron chi connectivity index (χ0n) is 12.5. The molecule has 0 spiro atoms. The van der Waals surface area contributed by atoms with Crippen LogP contribution < -0.4 is 10.6 Å². The van der Waals surface area contributed by atoms with Gasteiger partial charge in [-0.25, -0.2) is 0 Å². The topological polar surface area (TPSA) is 58.2 Å². The summed E-state index contributed by atoms with van der Waals surface area (Å²) in [5.74, 6) is -0.393. The maximum Gasteiger partial charge on any atom is 0.251 e. The summed E-state index contributed by atoms with van der Waals surface area (Å²) in [6.07, 6.45) is 1.61. The quantitative estimate of drug-likeness (QED) is 0.800. The van der Waals surface area contributed by atoms with Crippen molar-refractivity contribution in [1.82, 2.24) is 10.6 Å². The number of benzene rings is 2. The van der Waals surface area contributed by atoms with Gasteiger partial charge in [0.15, 0.2) is 0 Å². The Kier molecular flexibility index (Phi) is 5.94. The van der Waals surface area contributed by atoms with Gasteiger partial charge in [-0.3, -0.25) is 9.59 Å². The molecule has 2 aromatic carbocycles. The largest absolute Gasteiger partial charge is 0.349 e. The third-order valence-electron chi connectivity index (χ3n) is 3.18. The lowest BCUT2D eigenvalue weighted by molar-refractivity contribution is 0.0942. The predicted molar refractivity (Wildman–Crippen MR) is 91.6 cm³/mol. The third-order valence-corrected chi connectivity index (χ3v) is 3.43. The average molecular weight is 329 g/mol. The van der Waals surface area contributed by atoms with E-state index >= 15 is 0 Å². The fourth-order valence-corrected chi connectivity index (χ4v) is 2.05. The Morgan fingerprint density at radius 1 is 0.913 bits per heavy atom. The van der Waals surface area contributed by atoms with Gasteiger partial charge in [0.25, 0.3) is 11.8 Å². The SMILES string of the molecule is C=CCNC(=O)c1ccc(C(=O)NCc2ccc(Cl)cc2)cc1. The van der Waals surface area contributed by atoms with E-state index < -0.39 is 0 Å². The second-order valence-electron chi connectivity index (χ2n) is 4.89. The first kappa shape index (κ1) is 16.8. The van der Waals surface area contributed by atoms with Gasteiger partial charge in [-0.2, -0.15) is 0 Å². The van der Waals surface area contributed by atoms with Crippen molar-refractivity contribution >= 4 is 23.4 Å². The Bertz CT molecular complexity index is 694. The van der Waals surface area contributed by atoms with Crippen LogP contribution in [0.4, 0.5) is 0 Å². The van der Waals surface area contributed by atoms with Crippen molar-refractivity contribution in [3.63, 3.8) is 0 Å². The molecule has 0 fully saturated rings. The van der Waals surface area contributed by atoms with Crippen LogP contribution in [0, 0.1) is 0 Å². The molecule has 0 aliphatic carbocycles. The summed E-state index contributed by atoms with van der Waals surface area (Å²) in [7, 11) is 0. The van der Waals surface area contributed by atoms with Gasteiger partial charge >= 0.3 is 0 Å². The first-order valence-corrected chi connectivity index (χ1v) is 7.50. The van der Waals surface area contributed by atoms with Crippen LogP contribution in [0.3, 0.4) is 0 Å². The third kappa shape index (κ3) is 4.97. The second kappa shape index (κ2) is 8.15. The van der Waals surface area contributed by atoms with Gasteiger partial charge in [0.2, 0.25) is 0 Å². The van der Waals surface area contributed by atoms with Crippen LogP contribution in [0.2, 0.25) is 5.02 Å². The molecule has 23 heavy (non-hydrogen) atoms. The van der Waals surface area contributed by atoms with Gasteiger partial charge in [-0.1, -0.05) is 29.8 Å². The van der Waals surface area contributed by atoms with E-state index in [0.29, 0.717) is 29.2 Å². The molecule has 0 saturated carbocycles. The minimum Gasteiger partial charge on any atom is -0.349 e. The second-order valence-corrected chi connectivity index (χ2v) is 5.32. The molecule has 5 heteroatoms. The normalized spacial score (nSPS) is 9.96. The number of carbonyl (C=O) groups excluding carboxylic acids is 2. The van der Waals surface area contributed by atoms with Crippen molar-refractivity contribution in [2.75, 3.05) is 6.54 Å². The van der Waals surface area contributed by atoms with Crippen LogP contribution in [0.1, 0.15) is 26.3 Å². The Hall–Kier alpha value is -2.59. The molecule has 2 N–H and O–H groups in total. The molecule has 0 heterocycles. The Morgan fingerprint density at radius 2 is 1.43 bits per heavy atom. The first-order valence-electron chi connectivity index (χ1n) is 7.12. The highest BCUT2D eigenvalue weighted by atomic mass is 35.5.